The van der Waals surface area contributed by atoms with Crippen LogP contribution in [0, 0.1) is 11.8 Å². The van der Waals surface area contributed by atoms with E-state index in [0.717, 1.165) is 13.1 Å². The highest BCUT2D eigenvalue weighted by Gasteiger charge is 2.76. The average molecular weight is 759 g/mol. The molecule has 13 heteroatoms. The second-order valence-corrected chi connectivity index (χ2v) is 14.7. The third kappa shape index (κ3) is 8.41. The quantitative estimate of drug-likeness (QED) is 0.162. The van der Waals surface area contributed by atoms with Crippen molar-refractivity contribution in [3.05, 3.63) is 97.1 Å². The van der Waals surface area contributed by atoms with Crippen LogP contribution in [0.4, 0.5) is 0 Å². The second-order valence-electron chi connectivity index (χ2n) is 14.7. The lowest BCUT2D eigenvalue weighted by atomic mass is 9.70. The Morgan fingerprint density at radius 2 is 1.75 bits per heavy atom. The molecule has 0 radical (unpaired) electrons. The maximum atomic E-state index is 15.0. The van der Waals surface area contributed by atoms with E-state index in [9.17, 15) is 14.7 Å². The number of hydrogen-bond donors (Lipinski definition) is 2. The molecule has 13 nitrogen and oxygen atoms in total. The summed E-state index contributed by atoms with van der Waals surface area (Å²) < 4.78 is 24.1. The predicted molar refractivity (Wildman–Crippen MR) is 203 cm³/mol. The van der Waals surface area contributed by atoms with Gasteiger partial charge in [-0.2, -0.15) is 0 Å². The second kappa shape index (κ2) is 18.5. The molecule has 0 aliphatic carbocycles. The van der Waals surface area contributed by atoms with E-state index >= 15 is 9.59 Å². The van der Waals surface area contributed by atoms with Gasteiger partial charge in [-0.15, -0.1) is 13.2 Å². The molecule has 2 bridgehead atoms. The predicted octanol–water partition coefficient (Wildman–Crippen LogP) is 2.82. The van der Waals surface area contributed by atoms with Gasteiger partial charge in [0.15, 0.2) is 0 Å². The minimum atomic E-state index is -1.34. The molecule has 0 saturated carbocycles. The molecule has 2 aromatic carbocycles. The average Bonchev–Trinajstić information content (AvgIpc) is 3.86. The fourth-order valence-electron chi connectivity index (χ4n) is 8.84. The Morgan fingerprint density at radius 1 is 1.05 bits per heavy atom. The molecule has 8 atom stereocenters. The molecule has 4 heterocycles. The number of benzene rings is 2. The summed E-state index contributed by atoms with van der Waals surface area (Å²) in [5.41, 5.74) is -0.0441. The number of hydrogen-bond acceptors (Lipinski definition) is 10. The van der Waals surface area contributed by atoms with Gasteiger partial charge >= 0.3 is 5.97 Å². The van der Waals surface area contributed by atoms with Gasteiger partial charge in [0.05, 0.1) is 56.5 Å². The zero-order chi connectivity index (χ0) is 39.0. The van der Waals surface area contributed by atoms with E-state index in [1.54, 1.807) is 17.1 Å². The van der Waals surface area contributed by atoms with Crippen LogP contribution in [0.15, 0.2) is 86.0 Å². The van der Waals surface area contributed by atoms with E-state index in [4.69, 9.17) is 18.9 Å². The standard InChI is InChI=1S/C42H54N4O9/c1-4-6-17-34(48)43-31(28-52-3)37(30-15-11-8-12-16-30)54-41(51)35-33-18-19-42(55-33)36(35)39(49)46(32(27-47)29-13-9-7-10-14-29)38(42)40(50)45(20-5-2)22-21-44-23-25-53-26-24-44/h4-5,7-16,31-33,35-38,47H,1-2,6,17-28H2,3H3,(H,43,48)/t31-,32+,33-,35+,36+,37-,38-,42+/m0/s1. The molecule has 4 aliphatic heterocycles. The van der Waals surface area contributed by atoms with Gasteiger partial charge in [0.2, 0.25) is 17.7 Å². The van der Waals surface area contributed by atoms with Gasteiger partial charge < -0.3 is 39.2 Å². The molecule has 0 aromatic heterocycles. The molecule has 4 saturated heterocycles. The van der Waals surface area contributed by atoms with Gasteiger partial charge in [-0.3, -0.25) is 24.1 Å². The van der Waals surface area contributed by atoms with Crippen LogP contribution in [0.5, 0.6) is 0 Å². The number of amides is 3. The summed E-state index contributed by atoms with van der Waals surface area (Å²) >= 11 is 0. The Bertz CT molecular complexity index is 1650. The summed E-state index contributed by atoms with van der Waals surface area (Å²) in [4.78, 5) is 63.1. The van der Waals surface area contributed by atoms with E-state index in [2.05, 4.69) is 23.4 Å². The van der Waals surface area contributed by atoms with Crippen molar-refractivity contribution >= 4 is 23.7 Å². The van der Waals surface area contributed by atoms with E-state index in [1.807, 2.05) is 60.7 Å². The highest BCUT2D eigenvalue weighted by molar-refractivity contribution is 5.98. The summed E-state index contributed by atoms with van der Waals surface area (Å²) in [6.07, 6.45) is 3.16. The summed E-state index contributed by atoms with van der Waals surface area (Å²) in [5, 5.41) is 13.9. The zero-order valence-electron chi connectivity index (χ0n) is 31.6. The number of carbonyl (C=O) groups is 4. The number of aliphatic hydroxyl groups excluding tert-OH is 1. The van der Waals surface area contributed by atoms with Crippen molar-refractivity contribution in [1.82, 2.24) is 20.0 Å². The first kappa shape index (κ1) is 40.3. The number of allylic oxidation sites excluding steroid dienone is 1. The van der Waals surface area contributed by atoms with Crippen molar-refractivity contribution in [2.24, 2.45) is 11.8 Å². The molecule has 2 N–H and O–H groups in total. The van der Waals surface area contributed by atoms with Gasteiger partial charge in [0, 0.05) is 46.3 Å². The maximum absolute atomic E-state index is 15.0. The molecular weight excluding hydrogens is 704 g/mol. The highest BCUT2D eigenvalue weighted by Crippen LogP contribution is 2.60. The number of esters is 1. The van der Waals surface area contributed by atoms with E-state index in [-0.39, 0.29) is 31.4 Å². The molecule has 4 aliphatic rings. The lowest BCUT2D eigenvalue weighted by Gasteiger charge is -2.40. The Hall–Kier alpha value is -4.40. The van der Waals surface area contributed by atoms with Crippen LogP contribution < -0.4 is 5.32 Å². The van der Waals surface area contributed by atoms with Crippen LogP contribution in [-0.2, 0) is 38.1 Å². The summed E-state index contributed by atoms with van der Waals surface area (Å²) in [5.74, 6) is -3.77. The first-order chi connectivity index (χ1) is 26.8. The first-order valence-electron chi connectivity index (χ1n) is 19.3. The number of nitrogens with one attached hydrogen (secondary N) is 1. The van der Waals surface area contributed by atoms with E-state index in [0.29, 0.717) is 56.7 Å². The number of nitrogens with zero attached hydrogens (tertiary/aromatic N) is 3. The van der Waals surface area contributed by atoms with Crippen molar-refractivity contribution in [3.8, 4) is 0 Å². The number of fused-ring (bicyclic) bond motifs is 1. The van der Waals surface area contributed by atoms with Gasteiger partial charge in [-0.25, -0.2) is 0 Å². The number of ether oxygens (including phenoxy) is 4. The monoisotopic (exact) mass is 758 g/mol. The SMILES string of the molecule is C=CCCC(=O)N[C@@H](COC)[C@@H](OC(=O)[C@@H]1[C@@H]2CC[C@]3(O2)[C@H](C(=O)N(CC=C)CCN2CCOCC2)N([C@H](CO)c2ccccc2)C(=O)[C@@H]13)c1ccccc1. The molecule has 2 aromatic rings. The Morgan fingerprint density at radius 3 is 2.38 bits per heavy atom. The molecule has 296 valence electrons. The fraction of sp³-hybridized carbons (Fsp3) is 0.524. The van der Waals surface area contributed by atoms with Gasteiger partial charge in [0.1, 0.15) is 17.7 Å². The molecule has 3 amide bonds. The minimum Gasteiger partial charge on any atom is -0.455 e. The van der Waals surface area contributed by atoms with Crippen LogP contribution in [0.25, 0.3) is 0 Å². The summed E-state index contributed by atoms with van der Waals surface area (Å²) in [6, 6.07) is 15.5. The highest BCUT2D eigenvalue weighted by atomic mass is 16.6. The van der Waals surface area contributed by atoms with Crippen LogP contribution in [0.3, 0.4) is 0 Å². The van der Waals surface area contributed by atoms with Crippen molar-refractivity contribution in [2.75, 3.05) is 66.3 Å². The largest absolute Gasteiger partial charge is 0.455 e. The number of methoxy groups -OCH3 is 1. The van der Waals surface area contributed by atoms with Crippen molar-refractivity contribution < 1.29 is 43.2 Å². The van der Waals surface area contributed by atoms with Crippen molar-refractivity contribution in [1.29, 1.82) is 0 Å². The third-order valence-electron chi connectivity index (χ3n) is 11.4. The van der Waals surface area contributed by atoms with Gasteiger partial charge in [0.25, 0.3) is 0 Å². The number of morpholine rings is 1. The molecular formula is C42H54N4O9. The van der Waals surface area contributed by atoms with E-state index < -0.39 is 66.3 Å². The third-order valence-corrected chi connectivity index (χ3v) is 11.4. The lowest BCUT2D eigenvalue weighted by Crippen LogP contribution is -2.58. The zero-order valence-corrected chi connectivity index (χ0v) is 31.6. The Balaban J connectivity index is 1.35. The smallest absolute Gasteiger partial charge is 0.313 e. The minimum absolute atomic E-state index is 0.0484. The van der Waals surface area contributed by atoms with Crippen LogP contribution in [-0.4, -0.2) is 134 Å². The molecule has 1 spiro atoms. The molecule has 55 heavy (non-hydrogen) atoms. The van der Waals surface area contributed by atoms with Gasteiger partial charge in [-0.1, -0.05) is 72.8 Å². The van der Waals surface area contributed by atoms with Gasteiger partial charge in [-0.05, 0) is 30.4 Å². The topological polar surface area (TPSA) is 147 Å². The lowest BCUT2D eigenvalue weighted by molar-refractivity contribution is -0.163. The van der Waals surface area contributed by atoms with Crippen LogP contribution in [0.2, 0.25) is 0 Å². The number of aliphatic hydroxyl groups is 1. The maximum Gasteiger partial charge on any atom is 0.313 e. The van der Waals surface area contributed by atoms with Crippen LogP contribution in [0.1, 0.15) is 49.0 Å². The molecule has 6 rings (SSSR count). The molecule has 4 fully saturated rings. The van der Waals surface area contributed by atoms with Crippen molar-refractivity contribution in [3.63, 3.8) is 0 Å². The summed E-state index contributed by atoms with van der Waals surface area (Å²) in [7, 11) is 1.50. The number of carbonyl (C=O) groups excluding carboxylic acids is 4. The first-order valence-corrected chi connectivity index (χ1v) is 19.3. The van der Waals surface area contributed by atoms with E-state index in [1.165, 1.54) is 12.0 Å². The molecule has 0 unspecified atom stereocenters. The fourth-order valence-corrected chi connectivity index (χ4v) is 8.84. The summed E-state index contributed by atoms with van der Waals surface area (Å²) in [6.45, 7) is 11.2. The number of likely N-dealkylation sites (tertiary alicyclic amines) is 1. The van der Waals surface area contributed by atoms with Crippen LogP contribution >= 0.6 is 0 Å². The Kier molecular flexibility index (Phi) is 13.5. The number of rotatable bonds is 19. The van der Waals surface area contributed by atoms with Crippen molar-refractivity contribution in [2.45, 2.75) is 61.6 Å². The Labute approximate surface area is 323 Å². The normalized spacial score (nSPS) is 26.1.